The van der Waals surface area contributed by atoms with Crippen LogP contribution in [0.1, 0.15) is 0 Å². The molecule has 0 atom stereocenters. The molecule has 0 aromatic carbocycles. The van der Waals surface area contributed by atoms with E-state index in [9.17, 15) is 0 Å². The molecular weight excluding hydrogens is 368 g/mol. The first kappa shape index (κ1) is 30.1. The summed E-state index contributed by atoms with van der Waals surface area (Å²) in [5, 5.41) is 0. The van der Waals surface area contributed by atoms with Crippen molar-refractivity contribution in [2.24, 2.45) is 5.73 Å². The molecule has 0 unspecified atom stereocenters. The van der Waals surface area contributed by atoms with Gasteiger partial charge >= 0.3 is 0 Å². The summed E-state index contributed by atoms with van der Waals surface area (Å²) in [6.07, 6.45) is 0. The van der Waals surface area contributed by atoms with Crippen LogP contribution in [0.5, 0.6) is 0 Å². The van der Waals surface area contributed by atoms with Crippen LogP contribution in [0.25, 0.3) is 0 Å². The molecule has 0 bridgehead atoms. The summed E-state index contributed by atoms with van der Waals surface area (Å²) in [6, 6.07) is 0. The minimum Gasteiger partial charge on any atom is -0.395 e. The molecule has 0 aliphatic heterocycles. The molecule has 168 valence electrons. The van der Waals surface area contributed by atoms with E-state index in [2.05, 4.69) is 96.6 Å². The van der Waals surface area contributed by atoms with Gasteiger partial charge in [0.2, 0.25) is 0 Å². The highest BCUT2D eigenvalue weighted by molar-refractivity contribution is 6.25. The molecular formula is C15H47B7N8. The van der Waals surface area contributed by atoms with Gasteiger partial charge in [0.15, 0.2) is 55.9 Å². The van der Waals surface area contributed by atoms with Crippen LogP contribution in [-0.4, -0.2) is 188 Å². The van der Waals surface area contributed by atoms with Crippen molar-refractivity contribution in [2.75, 3.05) is 98.7 Å². The lowest BCUT2D eigenvalue weighted by atomic mass is 10.1. The molecule has 2 N–H and O–H groups in total. The number of nitrogens with two attached hydrogens (primary N) is 1. The predicted molar refractivity (Wildman–Crippen MR) is 151 cm³/mol. The Kier molecular flexibility index (Phi) is 18.8. The average molecular weight is 415 g/mol. The zero-order valence-electron chi connectivity index (χ0n) is 21.6. The van der Waals surface area contributed by atoms with E-state index in [0.717, 1.165) is 91.6 Å². The Morgan fingerprint density at radius 1 is 0.467 bits per heavy atom. The zero-order chi connectivity index (χ0) is 22.9. The van der Waals surface area contributed by atoms with E-state index >= 15 is 0 Å². The Hall–Kier alpha value is 0.135. The van der Waals surface area contributed by atoms with Crippen molar-refractivity contribution in [3.05, 3.63) is 0 Å². The standard InChI is InChI=1S/C15H47B7N8/c1-24(16)4-10-27(17)12-6-26(9-15-30(21)22)7-13-28(18)11-5-25(3-2-23)8-14-29(19)20/h2-23H2,1H3. The maximum Gasteiger partial charge on any atom is 0.185 e. The zero-order valence-corrected chi connectivity index (χ0v) is 21.6. The molecule has 0 aliphatic rings. The Labute approximate surface area is 194 Å². The Bertz CT molecular complexity index is 398. The fraction of sp³-hybridized carbons (Fsp3) is 1.00. The van der Waals surface area contributed by atoms with Gasteiger partial charge in [0.25, 0.3) is 0 Å². The number of rotatable bonds is 20. The maximum absolute atomic E-state index is 5.81. The van der Waals surface area contributed by atoms with Crippen molar-refractivity contribution in [3.63, 3.8) is 0 Å². The molecule has 0 aliphatic carbocycles. The minimum absolute atomic E-state index is 0.733. The van der Waals surface area contributed by atoms with E-state index < -0.39 is 0 Å². The van der Waals surface area contributed by atoms with E-state index in [0.29, 0.717) is 0 Å². The summed E-state index contributed by atoms with van der Waals surface area (Å²) >= 11 is 0. The number of nitrogens with zero attached hydrogens (tertiary/aromatic N) is 7. The second-order valence-corrected chi connectivity index (χ2v) is 9.49. The molecule has 0 saturated carbocycles. The highest BCUT2D eigenvalue weighted by Gasteiger charge is 2.10. The summed E-state index contributed by atoms with van der Waals surface area (Å²) in [7, 11) is 17.4. The molecule has 0 aromatic rings. The quantitative estimate of drug-likeness (QED) is 0.197. The van der Waals surface area contributed by atoms with E-state index in [4.69, 9.17) is 5.73 Å². The summed E-state index contributed by atoms with van der Waals surface area (Å²) in [4.78, 5) is 12.3. The molecule has 0 rings (SSSR count). The van der Waals surface area contributed by atoms with Crippen LogP contribution in [0.15, 0.2) is 0 Å². The molecule has 15 heteroatoms. The third-order valence-corrected chi connectivity index (χ3v) is 5.49. The monoisotopic (exact) mass is 416 g/mol. The van der Waals surface area contributed by atoms with Crippen molar-refractivity contribution in [1.82, 2.24) is 33.7 Å². The molecule has 0 amide bonds. The van der Waals surface area contributed by atoms with Crippen molar-refractivity contribution in [2.45, 2.75) is 0 Å². The first-order valence-electron chi connectivity index (χ1n) is 11.6. The van der Waals surface area contributed by atoms with Gasteiger partial charge in [-0.05, 0) is 52.9 Å². The van der Waals surface area contributed by atoms with Crippen LogP contribution in [0.4, 0.5) is 0 Å². The van der Waals surface area contributed by atoms with Crippen molar-refractivity contribution < 1.29 is 0 Å². The molecule has 0 aromatic heterocycles. The van der Waals surface area contributed by atoms with Gasteiger partial charge in [-0.25, -0.2) is 0 Å². The van der Waals surface area contributed by atoms with Crippen LogP contribution in [0, 0.1) is 0 Å². The van der Waals surface area contributed by atoms with Crippen LogP contribution in [-0.2, 0) is 0 Å². The van der Waals surface area contributed by atoms with Gasteiger partial charge in [-0.1, -0.05) is 0 Å². The summed E-state index contributed by atoms with van der Waals surface area (Å²) in [6.45, 7) is 15.0. The molecule has 0 radical (unpaired) electrons. The van der Waals surface area contributed by atoms with Crippen LogP contribution in [0.2, 0.25) is 0 Å². The fourth-order valence-corrected chi connectivity index (χ4v) is 3.07. The largest absolute Gasteiger partial charge is 0.395 e. The normalized spacial score (nSPS) is 12.6. The summed E-state index contributed by atoms with van der Waals surface area (Å²) < 4.78 is 4.52. The van der Waals surface area contributed by atoms with Gasteiger partial charge in [-0.2, -0.15) is 0 Å². The summed E-state index contributed by atoms with van der Waals surface area (Å²) in [5.74, 6) is 0. The van der Waals surface area contributed by atoms with Gasteiger partial charge in [0.1, 0.15) is 0 Å². The van der Waals surface area contributed by atoms with Gasteiger partial charge in [0, 0.05) is 45.8 Å². The molecule has 0 fully saturated rings. The first-order valence-corrected chi connectivity index (χ1v) is 11.6. The lowest BCUT2D eigenvalue weighted by Crippen LogP contribution is -2.44. The van der Waals surface area contributed by atoms with Crippen molar-refractivity contribution >= 4 is 55.9 Å². The predicted octanol–water partition coefficient (Wildman–Crippen LogP) is -8.47. The molecule has 0 saturated heterocycles. The van der Waals surface area contributed by atoms with E-state index in [1.54, 1.807) is 0 Å². The minimum atomic E-state index is 0.733. The Balaban J connectivity index is 4.36. The molecule has 0 heterocycles. The smallest absolute Gasteiger partial charge is 0.185 e. The van der Waals surface area contributed by atoms with Crippen LogP contribution >= 0.6 is 0 Å². The van der Waals surface area contributed by atoms with E-state index in [-0.39, 0.29) is 0 Å². The number of hydrogen-bond acceptors (Lipinski definition) is 8. The lowest BCUT2D eigenvalue weighted by Gasteiger charge is -2.30. The molecule has 30 heavy (non-hydrogen) atoms. The number of hydrogen-bond donors (Lipinski definition) is 1. The molecule has 8 nitrogen and oxygen atoms in total. The summed E-state index contributed by atoms with van der Waals surface area (Å²) in [5.41, 5.74) is 5.81. The SMILES string of the molecule is BN(B)CCN(CCN)CCN(B)CCN(CCN(B)B)CCN(B)CCN(B)C. The lowest BCUT2D eigenvalue weighted by molar-refractivity contribution is 0.215. The van der Waals surface area contributed by atoms with Crippen LogP contribution in [0.3, 0.4) is 0 Å². The average Bonchev–Trinajstić information content (AvgIpc) is 2.67. The second kappa shape index (κ2) is 18.7. The maximum atomic E-state index is 5.81. The number of likely N-dealkylation sites (N-methyl/N-ethyl adjacent to an activating group) is 1. The Morgan fingerprint density at radius 2 is 0.800 bits per heavy atom. The van der Waals surface area contributed by atoms with Gasteiger partial charge in [-0.15, -0.1) is 0 Å². The van der Waals surface area contributed by atoms with Gasteiger partial charge in [-0.3, -0.25) is 9.80 Å². The topological polar surface area (TPSA) is 48.7 Å². The van der Waals surface area contributed by atoms with Crippen LogP contribution < -0.4 is 5.73 Å². The third kappa shape index (κ3) is 18.9. The van der Waals surface area contributed by atoms with E-state index in [1.165, 1.54) is 0 Å². The first-order chi connectivity index (χ1) is 14.1. The Morgan fingerprint density at radius 3 is 1.13 bits per heavy atom. The van der Waals surface area contributed by atoms with Crippen molar-refractivity contribution in [3.8, 4) is 0 Å². The van der Waals surface area contributed by atoms with Crippen molar-refractivity contribution in [1.29, 1.82) is 0 Å². The second-order valence-electron chi connectivity index (χ2n) is 9.49. The van der Waals surface area contributed by atoms with Gasteiger partial charge in [0.05, 0.1) is 0 Å². The third-order valence-electron chi connectivity index (χ3n) is 5.49. The molecule has 0 spiro atoms. The highest BCUT2D eigenvalue weighted by Crippen LogP contribution is 1.95. The highest BCUT2D eigenvalue weighted by atomic mass is 15.2. The van der Waals surface area contributed by atoms with E-state index in [1.807, 2.05) is 0 Å². The fourth-order valence-electron chi connectivity index (χ4n) is 3.07. The van der Waals surface area contributed by atoms with Gasteiger partial charge < -0.3 is 29.6 Å².